The minimum absolute atomic E-state index is 0.0535. The second kappa shape index (κ2) is 7.22. The Hall–Kier alpha value is -1.65. The van der Waals surface area contributed by atoms with Crippen LogP contribution in [0.15, 0.2) is 18.7 Å². The first-order valence-electron chi connectivity index (χ1n) is 7.55. The van der Waals surface area contributed by atoms with Crippen LogP contribution in [-0.2, 0) is 9.59 Å². The number of amides is 2. The summed E-state index contributed by atoms with van der Waals surface area (Å²) in [7, 11) is 0. The van der Waals surface area contributed by atoms with Gasteiger partial charge in [-0.3, -0.25) is 14.5 Å². The lowest BCUT2D eigenvalue weighted by molar-refractivity contribution is -0.139. The van der Waals surface area contributed by atoms with Crippen molar-refractivity contribution in [3.05, 3.63) is 18.7 Å². The fraction of sp³-hybridized carbons (Fsp3) is 0.667. The van der Waals surface area contributed by atoms with E-state index in [1.54, 1.807) is 23.3 Å². The molecule has 1 saturated heterocycles. The number of carbonyl (C=O) groups is 2. The number of imidazole rings is 1. The molecule has 0 aromatic carbocycles. The van der Waals surface area contributed by atoms with Crippen molar-refractivity contribution in [2.75, 3.05) is 6.54 Å². The molecule has 0 radical (unpaired) electrons. The standard InChI is InChI=1S/C15H23N3O2/c1-2-3-4-5-6-7-9-18-14(19)11-13(15(18)20)17-10-8-16-12-17/h8,10,12-13H,2-7,9,11H2,1H3. The lowest BCUT2D eigenvalue weighted by atomic mass is 10.1. The Balaban J connectivity index is 1.78. The second-order valence-electron chi connectivity index (χ2n) is 5.38. The molecule has 2 rings (SSSR count). The van der Waals surface area contributed by atoms with Crippen molar-refractivity contribution < 1.29 is 9.59 Å². The predicted octanol–water partition coefficient (Wildman–Crippen LogP) is 2.54. The van der Waals surface area contributed by atoms with E-state index in [4.69, 9.17) is 0 Å². The molecular weight excluding hydrogens is 254 g/mol. The van der Waals surface area contributed by atoms with Crippen LogP contribution >= 0.6 is 0 Å². The number of carbonyl (C=O) groups excluding carboxylic acids is 2. The van der Waals surface area contributed by atoms with E-state index in [9.17, 15) is 9.59 Å². The van der Waals surface area contributed by atoms with Crippen molar-refractivity contribution in [2.45, 2.75) is 57.9 Å². The Morgan fingerprint density at radius 3 is 2.65 bits per heavy atom. The van der Waals surface area contributed by atoms with Crippen LogP contribution < -0.4 is 0 Å². The molecule has 1 atom stereocenters. The lowest BCUT2D eigenvalue weighted by Gasteiger charge is -2.15. The largest absolute Gasteiger partial charge is 0.324 e. The van der Waals surface area contributed by atoms with Crippen molar-refractivity contribution in [3.63, 3.8) is 0 Å². The van der Waals surface area contributed by atoms with Crippen LogP contribution in [0.1, 0.15) is 57.9 Å². The van der Waals surface area contributed by atoms with E-state index in [1.165, 1.54) is 30.6 Å². The topological polar surface area (TPSA) is 55.2 Å². The molecule has 1 aromatic rings. The van der Waals surface area contributed by atoms with Crippen LogP contribution in [0.4, 0.5) is 0 Å². The normalized spacial score (nSPS) is 19.1. The maximum atomic E-state index is 12.2. The van der Waals surface area contributed by atoms with Gasteiger partial charge in [0.15, 0.2) is 0 Å². The van der Waals surface area contributed by atoms with Gasteiger partial charge in [-0.2, -0.15) is 0 Å². The van der Waals surface area contributed by atoms with E-state index in [2.05, 4.69) is 11.9 Å². The molecule has 0 aliphatic carbocycles. The molecule has 2 amide bonds. The van der Waals surface area contributed by atoms with Gasteiger partial charge in [-0.25, -0.2) is 4.98 Å². The molecule has 0 N–H and O–H groups in total. The van der Waals surface area contributed by atoms with E-state index in [1.807, 2.05) is 0 Å². The molecule has 1 fully saturated rings. The highest BCUT2D eigenvalue weighted by molar-refractivity contribution is 6.04. The summed E-state index contributed by atoms with van der Waals surface area (Å²) in [5.74, 6) is -0.135. The van der Waals surface area contributed by atoms with Crippen molar-refractivity contribution in [1.82, 2.24) is 14.5 Å². The highest BCUT2D eigenvalue weighted by Gasteiger charge is 2.38. The summed E-state index contributed by atoms with van der Waals surface area (Å²) in [4.78, 5) is 29.5. The predicted molar refractivity (Wildman–Crippen MR) is 76.0 cm³/mol. The third kappa shape index (κ3) is 3.46. The van der Waals surface area contributed by atoms with Gasteiger partial charge in [-0.15, -0.1) is 0 Å². The molecule has 0 spiro atoms. The molecule has 1 aliphatic heterocycles. The molecule has 0 saturated carbocycles. The summed E-state index contributed by atoms with van der Waals surface area (Å²) >= 11 is 0. The fourth-order valence-electron chi connectivity index (χ4n) is 2.64. The summed E-state index contributed by atoms with van der Waals surface area (Å²) < 4.78 is 1.72. The number of hydrogen-bond donors (Lipinski definition) is 0. The SMILES string of the molecule is CCCCCCCCN1C(=O)CC(n2ccnc2)C1=O. The number of aromatic nitrogens is 2. The highest BCUT2D eigenvalue weighted by atomic mass is 16.2. The van der Waals surface area contributed by atoms with E-state index >= 15 is 0 Å². The van der Waals surface area contributed by atoms with E-state index in [0.29, 0.717) is 6.54 Å². The fourth-order valence-corrected chi connectivity index (χ4v) is 2.64. The van der Waals surface area contributed by atoms with E-state index in [0.717, 1.165) is 12.8 Å². The van der Waals surface area contributed by atoms with Gasteiger partial charge in [0.2, 0.25) is 5.91 Å². The molecule has 5 heteroatoms. The summed E-state index contributed by atoms with van der Waals surface area (Å²) in [6.45, 7) is 2.76. The Labute approximate surface area is 120 Å². The molecule has 0 bridgehead atoms. The van der Waals surface area contributed by atoms with Gasteiger partial charge in [-0.05, 0) is 6.42 Å². The van der Waals surface area contributed by atoms with Crippen molar-refractivity contribution >= 4 is 11.8 Å². The first-order valence-corrected chi connectivity index (χ1v) is 7.55. The van der Waals surface area contributed by atoms with Gasteiger partial charge < -0.3 is 4.57 Å². The summed E-state index contributed by atoms with van der Waals surface area (Å²) in [6, 6.07) is -0.384. The van der Waals surface area contributed by atoms with Gasteiger partial charge in [0.1, 0.15) is 6.04 Å². The van der Waals surface area contributed by atoms with E-state index in [-0.39, 0.29) is 24.3 Å². The molecule has 110 valence electrons. The minimum Gasteiger partial charge on any atom is -0.324 e. The number of imide groups is 1. The number of nitrogens with zero attached hydrogens (tertiary/aromatic N) is 3. The van der Waals surface area contributed by atoms with Crippen molar-refractivity contribution in [2.24, 2.45) is 0 Å². The zero-order valence-electron chi connectivity index (χ0n) is 12.1. The molecule has 1 aromatic heterocycles. The Kier molecular flexibility index (Phi) is 5.32. The molecule has 1 aliphatic rings. The zero-order valence-corrected chi connectivity index (χ0v) is 12.1. The van der Waals surface area contributed by atoms with Crippen LogP contribution in [0.5, 0.6) is 0 Å². The summed E-state index contributed by atoms with van der Waals surface area (Å²) in [5, 5.41) is 0. The number of likely N-dealkylation sites (tertiary alicyclic amines) is 1. The molecule has 2 heterocycles. The molecule has 20 heavy (non-hydrogen) atoms. The third-order valence-electron chi connectivity index (χ3n) is 3.84. The zero-order chi connectivity index (χ0) is 14.4. The average Bonchev–Trinajstić information content (AvgIpc) is 3.04. The first-order chi connectivity index (χ1) is 9.74. The minimum atomic E-state index is -0.384. The highest BCUT2D eigenvalue weighted by Crippen LogP contribution is 2.24. The summed E-state index contributed by atoms with van der Waals surface area (Å²) in [5.41, 5.74) is 0. The molecule has 5 nitrogen and oxygen atoms in total. The van der Waals surface area contributed by atoms with Gasteiger partial charge in [0.25, 0.3) is 5.91 Å². The third-order valence-corrected chi connectivity index (χ3v) is 3.84. The maximum Gasteiger partial charge on any atom is 0.252 e. The Morgan fingerprint density at radius 2 is 1.95 bits per heavy atom. The molecule has 1 unspecified atom stereocenters. The lowest BCUT2D eigenvalue weighted by Crippen LogP contribution is -2.32. The van der Waals surface area contributed by atoms with Gasteiger partial charge in [0, 0.05) is 18.9 Å². The van der Waals surface area contributed by atoms with Crippen LogP contribution in [-0.4, -0.2) is 32.8 Å². The Bertz CT molecular complexity index is 442. The van der Waals surface area contributed by atoms with Gasteiger partial charge in [0.05, 0.1) is 12.7 Å². The van der Waals surface area contributed by atoms with Gasteiger partial charge >= 0.3 is 0 Å². The first kappa shape index (κ1) is 14.8. The van der Waals surface area contributed by atoms with Gasteiger partial charge in [-0.1, -0.05) is 39.0 Å². The maximum absolute atomic E-state index is 12.2. The smallest absolute Gasteiger partial charge is 0.252 e. The number of hydrogen-bond acceptors (Lipinski definition) is 3. The van der Waals surface area contributed by atoms with E-state index < -0.39 is 0 Å². The van der Waals surface area contributed by atoms with Crippen LogP contribution in [0, 0.1) is 0 Å². The second-order valence-corrected chi connectivity index (χ2v) is 5.38. The summed E-state index contributed by atoms with van der Waals surface area (Å²) in [6.07, 6.45) is 12.2. The molecular formula is C15H23N3O2. The van der Waals surface area contributed by atoms with Crippen LogP contribution in [0.25, 0.3) is 0 Å². The Morgan fingerprint density at radius 1 is 1.20 bits per heavy atom. The monoisotopic (exact) mass is 277 g/mol. The number of rotatable bonds is 8. The quantitative estimate of drug-likeness (QED) is 0.542. The average molecular weight is 277 g/mol. The van der Waals surface area contributed by atoms with Crippen molar-refractivity contribution in [1.29, 1.82) is 0 Å². The van der Waals surface area contributed by atoms with Crippen molar-refractivity contribution in [3.8, 4) is 0 Å². The van der Waals surface area contributed by atoms with Crippen LogP contribution in [0.3, 0.4) is 0 Å². The van der Waals surface area contributed by atoms with Crippen LogP contribution in [0.2, 0.25) is 0 Å². The number of unbranched alkanes of at least 4 members (excludes halogenated alkanes) is 5.